The van der Waals surface area contributed by atoms with E-state index in [0.29, 0.717) is 15.7 Å². The zero-order valence-corrected chi connectivity index (χ0v) is 13.2. The third-order valence-electron chi connectivity index (χ3n) is 2.71. The molecule has 3 aromatic rings. The van der Waals surface area contributed by atoms with Crippen LogP contribution >= 0.6 is 15.9 Å². The molecule has 0 saturated carbocycles. The summed E-state index contributed by atoms with van der Waals surface area (Å²) in [4.78, 5) is 12.1. The van der Waals surface area contributed by atoms with Gasteiger partial charge in [-0.1, -0.05) is 0 Å². The van der Waals surface area contributed by atoms with E-state index in [4.69, 9.17) is 0 Å². The normalized spacial score (nSPS) is 10.7. The number of anilines is 1. The Hall–Kier alpha value is -1.56. The summed E-state index contributed by atoms with van der Waals surface area (Å²) in [7, 11) is 0. The van der Waals surface area contributed by atoms with Crippen LogP contribution in [-0.4, -0.2) is 28.8 Å². The SMILES string of the molecule is O=C(Nc1cccc2n[se]nc12)c1ccc(Br)cc1F. The van der Waals surface area contributed by atoms with Crippen LogP contribution in [0.25, 0.3) is 11.0 Å². The number of halogens is 2. The van der Waals surface area contributed by atoms with Crippen LogP contribution in [0.15, 0.2) is 40.9 Å². The summed E-state index contributed by atoms with van der Waals surface area (Å²) >= 11 is 2.98. The summed E-state index contributed by atoms with van der Waals surface area (Å²) in [6, 6.07) is 9.66. The second-order valence-electron chi connectivity index (χ2n) is 4.02. The minimum atomic E-state index is -0.574. The van der Waals surface area contributed by atoms with Gasteiger partial charge in [0, 0.05) is 0 Å². The third kappa shape index (κ3) is 2.52. The molecule has 1 amide bonds. The first-order valence-corrected chi connectivity index (χ1v) is 7.95. The molecule has 1 N–H and O–H groups in total. The number of hydrogen-bond acceptors (Lipinski definition) is 3. The number of rotatable bonds is 2. The number of nitrogens with zero attached hydrogens (tertiary/aromatic N) is 2. The molecular formula is C13H7BrFN3OSe. The topological polar surface area (TPSA) is 54.9 Å². The fourth-order valence-electron chi connectivity index (χ4n) is 1.77. The first-order valence-electron chi connectivity index (χ1n) is 5.63. The van der Waals surface area contributed by atoms with Crippen molar-refractivity contribution >= 4 is 53.5 Å². The molecule has 4 nitrogen and oxygen atoms in total. The van der Waals surface area contributed by atoms with Crippen LogP contribution in [0.4, 0.5) is 10.1 Å². The number of carbonyl (C=O) groups is 1. The zero-order valence-electron chi connectivity index (χ0n) is 9.93. The predicted octanol–water partition coefficient (Wildman–Crippen LogP) is 2.84. The van der Waals surface area contributed by atoms with Crippen LogP contribution in [0, 0.1) is 5.82 Å². The van der Waals surface area contributed by atoms with Crippen molar-refractivity contribution in [3.05, 3.63) is 52.3 Å². The molecule has 0 aliphatic rings. The van der Waals surface area contributed by atoms with E-state index in [9.17, 15) is 9.18 Å². The Labute approximate surface area is 128 Å². The summed E-state index contributed by atoms with van der Waals surface area (Å²) in [5.41, 5.74) is 1.97. The van der Waals surface area contributed by atoms with Gasteiger partial charge in [0.05, 0.1) is 0 Å². The quantitative estimate of drug-likeness (QED) is 0.675. The molecule has 0 bridgehead atoms. The molecular weight excluding hydrogens is 392 g/mol. The summed E-state index contributed by atoms with van der Waals surface area (Å²) in [6.07, 6.45) is 0. The number of fused-ring (bicyclic) bond motifs is 1. The molecule has 0 atom stereocenters. The van der Waals surface area contributed by atoms with Gasteiger partial charge in [-0.25, -0.2) is 0 Å². The maximum atomic E-state index is 13.7. The predicted molar refractivity (Wildman–Crippen MR) is 78.5 cm³/mol. The standard InChI is InChI=1S/C13H7BrFN3OSe/c14-7-4-5-8(9(15)6-7)13(19)16-10-2-1-3-11-12(10)18-20-17-11/h1-6H,(H,16,19). The first kappa shape index (κ1) is 13.4. The Morgan fingerprint density at radius 1 is 1.25 bits per heavy atom. The van der Waals surface area contributed by atoms with Gasteiger partial charge in [0.2, 0.25) is 0 Å². The zero-order chi connectivity index (χ0) is 14.1. The molecule has 0 aliphatic carbocycles. The van der Waals surface area contributed by atoms with Gasteiger partial charge < -0.3 is 0 Å². The Morgan fingerprint density at radius 2 is 2.10 bits per heavy atom. The van der Waals surface area contributed by atoms with Gasteiger partial charge in [0.15, 0.2) is 0 Å². The molecule has 0 saturated heterocycles. The van der Waals surface area contributed by atoms with E-state index < -0.39 is 11.7 Å². The van der Waals surface area contributed by atoms with E-state index in [2.05, 4.69) is 29.2 Å². The summed E-state index contributed by atoms with van der Waals surface area (Å²) in [5, 5.41) is 2.68. The molecule has 0 unspecified atom stereocenters. The van der Waals surface area contributed by atoms with Crippen molar-refractivity contribution in [2.75, 3.05) is 5.32 Å². The Morgan fingerprint density at radius 3 is 2.90 bits per heavy atom. The number of hydrogen-bond donors (Lipinski definition) is 1. The van der Waals surface area contributed by atoms with Crippen molar-refractivity contribution in [1.82, 2.24) is 7.96 Å². The molecule has 100 valence electrons. The van der Waals surface area contributed by atoms with Gasteiger partial charge in [-0.3, -0.25) is 0 Å². The van der Waals surface area contributed by atoms with Crippen LogP contribution in [0.3, 0.4) is 0 Å². The Bertz CT molecular complexity index is 805. The number of amides is 1. The van der Waals surface area contributed by atoms with Crippen molar-refractivity contribution in [3.8, 4) is 0 Å². The average Bonchev–Trinajstić information content (AvgIpc) is 2.87. The number of carbonyl (C=O) groups excluding carboxylic acids is 1. The molecule has 1 heterocycles. The first-order chi connectivity index (χ1) is 9.65. The summed E-state index contributed by atoms with van der Waals surface area (Å²) in [5.74, 6) is -1.08. The van der Waals surface area contributed by atoms with Gasteiger partial charge in [-0.15, -0.1) is 0 Å². The fourth-order valence-corrected chi connectivity index (χ4v) is 3.26. The number of benzene rings is 2. The van der Waals surface area contributed by atoms with Crippen LogP contribution in [0.1, 0.15) is 10.4 Å². The monoisotopic (exact) mass is 399 g/mol. The second kappa shape index (κ2) is 5.44. The van der Waals surface area contributed by atoms with Crippen LogP contribution in [0.2, 0.25) is 0 Å². The Balaban J connectivity index is 1.94. The molecule has 20 heavy (non-hydrogen) atoms. The third-order valence-corrected chi connectivity index (χ3v) is 4.34. The molecule has 0 fully saturated rings. The van der Waals surface area contributed by atoms with E-state index in [1.165, 1.54) is 12.1 Å². The van der Waals surface area contributed by atoms with E-state index >= 15 is 0 Å². The van der Waals surface area contributed by atoms with Crippen LogP contribution < -0.4 is 5.32 Å². The second-order valence-corrected chi connectivity index (χ2v) is 6.04. The Kier molecular flexibility index (Phi) is 3.65. The molecule has 7 heteroatoms. The van der Waals surface area contributed by atoms with Gasteiger partial charge in [0.1, 0.15) is 0 Å². The van der Waals surface area contributed by atoms with E-state index in [-0.39, 0.29) is 20.5 Å². The van der Waals surface area contributed by atoms with Crippen molar-refractivity contribution in [2.45, 2.75) is 0 Å². The van der Waals surface area contributed by atoms with Gasteiger partial charge in [0.25, 0.3) is 0 Å². The molecule has 1 aromatic heterocycles. The summed E-state index contributed by atoms with van der Waals surface area (Å²) < 4.78 is 22.8. The van der Waals surface area contributed by atoms with Gasteiger partial charge >= 0.3 is 128 Å². The van der Waals surface area contributed by atoms with Gasteiger partial charge in [-0.2, -0.15) is 0 Å². The fraction of sp³-hybridized carbons (Fsp3) is 0. The van der Waals surface area contributed by atoms with Crippen molar-refractivity contribution < 1.29 is 9.18 Å². The molecule has 3 rings (SSSR count). The van der Waals surface area contributed by atoms with E-state index in [1.54, 1.807) is 18.2 Å². The van der Waals surface area contributed by atoms with E-state index in [0.717, 1.165) is 5.52 Å². The number of nitrogens with one attached hydrogen (secondary N) is 1. The maximum absolute atomic E-state index is 13.7. The number of aromatic nitrogens is 2. The van der Waals surface area contributed by atoms with Crippen molar-refractivity contribution in [2.24, 2.45) is 0 Å². The molecule has 0 radical (unpaired) electrons. The van der Waals surface area contributed by atoms with Crippen molar-refractivity contribution in [1.29, 1.82) is 0 Å². The van der Waals surface area contributed by atoms with Gasteiger partial charge in [-0.05, 0) is 0 Å². The average molecular weight is 399 g/mol. The molecule has 2 aromatic carbocycles. The summed E-state index contributed by atoms with van der Waals surface area (Å²) in [6.45, 7) is 0. The minimum absolute atomic E-state index is 0.00810. The van der Waals surface area contributed by atoms with Crippen molar-refractivity contribution in [3.63, 3.8) is 0 Å². The molecule has 0 spiro atoms. The van der Waals surface area contributed by atoms with E-state index in [1.807, 2.05) is 6.07 Å². The van der Waals surface area contributed by atoms with Crippen LogP contribution in [0.5, 0.6) is 0 Å². The molecule has 0 aliphatic heterocycles. The van der Waals surface area contributed by atoms with Crippen LogP contribution in [-0.2, 0) is 0 Å².